The van der Waals surface area contributed by atoms with Gasteiger partial charge >= 0.3 is 0 Å². The molecule has 0 saturated heterocycles. The molecule has 0 aliphatic carbocycles. The van der Waals surface area contributed by atoms with E-state index in [9.17, 15) is 77.2 Å². The van der Waals surface area contributed by atoms with Crippen molar-refractivity contribution in [1.82, 2.24) is 0 Å². The molecule has 264 valence electrons. The largest absolute Gasteiger partial charge is 0.505 e. The Hall–Kier alpha value is -5.62. The molecule has 4 aromatic carbocycles. The third kappa shape index (κ3) is 7.50. The topological polar surface area (TPSA) is 399 Å². The summed E-state index contributed by atoms with van der Waals surface area (Å²) in [7, 11) is -21.4. The highest BCUT2D eigenvalue weighted by Crippen LogP contribution is 2.48. The number of nitrogens with two attached hydrogens (primary N) is 1. The number of nitro groups is 2. The Morgan fingerprint density at radius 2 is 0.920 bits per heavy atom. The number of hydrogen-bond donors (Lipinski definition) is 6. The van der Waals surface area contributed by atoms with E-state index in [2.05, 4.69) is 20.5 Å². The molecular formula is C22H15N7O17S4. The summed E-state index contributed by atoms with van der Waals surface area (Å²) >= 11 is 0. The monoisotopic (exact) mass is 777 g/mol. The Kier molecular flexibility index (Phi) is 9.44. The molecule has 0 aromatic heterocycles. The van der Waals surface area contributed by atoms with Crippen LogP contribution in [0.2, 0.25) is 0 Å². The van der Waals surface area contributed by atoms with Gasteiger partial charge in [0.1, 0.15) is 42.3 Å². The zero-order chi connectivity index (χ0) is 37.7. The van der Waals surface area contributed by atoms with Crippen molar-refractivity contribution in [3.63, 3.8) is 0 Å². The smallest absolute Gasteiger partial charge is 0.297 e. The standard InChI is InChI=1S/C22H15N7O17S4/c23-19-18-9(5-16(49(41,42)43)20(19)26-24-12-3-1-10(28(31)32)7-14(12)47(35,36)37)6-17(50(44,45)46)21(22(18)30)27-25-13-4-2-11(29(33)34)8-15(13)48(38,39)40/h1-8,30H,23H2,(H,35,36,37)(H,38,39,40)(H,41,42,43)(H,44,45,46). The first-order valence-corrected chi connectivity index (χ1v) is 18.0. The molecule has 0 atom stereocenters. The molecule has 0 aliphatic rings. The molecule has 50 heavy (non-hydrogen) atoms. The molecule has 0 unspecified atom stereocenters. The number of hydrogen-bond acceptors (Lipinski definition) is 18. The first-order chi connectivity index (χ1) is 22.8. The summed E-state index contributed by atoms with van der Waals surface area (Å²) in [5.74, 6) is -1.35. The Bertz CT molecular complexity index is 2500. The number of nitro benzene ring substituents is 2. The normalized spacial score (nSPS) is 13.0. The van der Waals surface area contributed by atoms with E-state index in [0.717, 1.165) is 6.07 Å². The number of fused-ring (bicyclic) bond motifs is 1. The van der Waals surface area contributed by atoms with E-state index in [0.29, 0.717) is 42.5 Å². The molecule has 0 radical (unpaired) electrons. The molecule has 0 aliphatic heterocycles. The summed E-state index contributed by atoms with van der Waals surface area (Å²) < 4.78 is 135. The van der Waals surface area contributed by atoms with Gasteiger partial charge in [0.2, 0.25) is 0 Å². The average Bonchev–Trinajstić information content (AvgIpc) is 2.97. The minimum atomic E-state index is -5.45. The Balaban J connectivity index is 2.07. The number of rotatable bonds is 10. The number of phenolic OH excluding ortho intramolecular Hbond substituents is 1. The highest BCUT2D eigenvalue weighted by molar-refractivity contribution is 7.86. The molecule has 0 fully saturated rings. The first-order valence-electron chi connectivity index (χ1n) is 12.2. The summed E-state index contributed by atoms with van der Waals surface area (Å²) in [5, 5.41) is 45.5. The SMILES string of the molecule is Nc1c(N=Nc2ccc([N+](=O)[O-])cc2S(=O)(=O)O)c(S(=O)(=O)O)cc2cc(S(=O)(=O)O)c(N=Nc3ccc([N+](=O)[O-])cc3S(=O)(=O)O)c(O)c12. The molecule has 28 heteroatoms. The fraction of sp³-hybridized carbons (Fsp3) is 0. The van der Waals surface area contributed by atoms with Crippen LogP contribution in [0.15, 0.2) is 88.6 Å². The Labute approximate surface area is 277 Å². The van der Waals surface area contributed by atoms with Crippen molar-refractivity contribution >= 4 is 91.1 Å². The van der Waals surface area contributed by atoms with Gasteiger partial charge in [0.05, 0.1) is 20.9 Å². The van der Waals surface area contributed by atoms with Crippen LogP contribution in [-0.4, -0.2) is 66.8 Å². The fourth-order valence-corrected chi connectivity index (χ4v) is 6.74. The molecular weight excluding hydrogens is 763 g/mol. The molecule has 0 amide bonds. The van der Waals surface area contributed by atoms with Gasteiger partial charge in [-0.3, -0.25) is 38.4 Å². The zero-order valence-corrected chi connectivity index (χ0v) is 26.9. The molecule has 24 nitrogen and oxygen atoms in total. The predicted octanol–water partition coefficient (Wildman–Crippen LogP) is 3.76. The number of phenols is 1. The van der Waals surface area contributed by atoms with E-state index in [4.69, 9.17) is 5.73 Å². The van der Waals surface area contributed by atoms with Gasteiger partial charge in [0.15, 0.2) is 5.75 Å². The fourth-order valence-electron chi connectivity index (χ4n) is 4.12. The maximum atomic E-state index is 12.3. The summed E-state index contributed by atoms with van der Waals surface area (Å²) in [4.78, 5) is 15.1. The maximum Gasteiger partial charge on any atom is 0.297 e. The quantitative estimate of drug-likeness (QED) is 0.0438. The molecule has 4 rings (SSSR count). The predicted molar refractivity (Wildman–Crippen MR) is 164 cm³/mol. The number of aromatic hydroxyl groups is 1. The molecule has 7 N–H and O–H groups in total. The van der Waals surface area contributed by atoms with Gasteiger partial charge < -0.3 is 10.8 Å². The maximum absolute atomic E-state index is 12.3. The van der Waals surface area contributed by atoms with Crippen LogP contribution in [0.25, 0.3) is 10.8 Å². The van der Waals surface area contributed by atoms with Gasteiger partial charge in [-0.25, -0.2) is 0 Å². The molecule has 0 bridgehead atoms. The second-order valence-corrected chi connectivity index (χ2v) is 15.0. The molecule has 0 spiro atoms. The minimum absolute atomic E-state index is 0.359. The van der Waals surface area contributed by atoms with E-state index in [1.54, 1.807) is 0 Å². The summed E-state index contributed by atoms with van der Waals surface area (Å²) in [5.41, 5.74) is -0.628. The van der Waals surface area contributed by atoms with E-state index in [1.165, 1.54) is 0 Å². The molecule has 0 saturated carbocycles. The van der Waals surface area contributed by atoms with Crippen molar-refractivity contribution in [3.8, 4) is 5.75 Å². The zero-order valence-electron chi connectivity index (χ0n) is 23.6. The van der Waals surface area contributed by atoms with Gasteiger partial charge in [0, 0.05) is 24.3 Å². The van der Waals surface area contributed by atoms with Crippen molar-refractivity contribution in [3.05, 3.63) is 68.8 Å². The van der Waals surface area contributed by atoms with Crippen LogP contribution in [-0.2, 0) is 40.5 Å². The van der Waals surface area contributed by atoms with Gasteiger partial charge in [-0.15, -0.1) is 20.5 Å². The molecule has 4 aromatic rings. The van der Waals surface area contributed by atoms with E-state index >= 15 is 0 Å². The number of azo groups is 2. The van der Waals surface area contributed by atoms with E-state index in [1.807, 2.05) is 0 Å². The summed E-state index contributed by atoms with van der Waals surface area (Å²) in [6.45, 7) is 0. The van der Waals surface area contributed by atoms with Crippen LogP contribution in [0.4, 0.5) is 39.8 Å². The lowest BCUT2D eigenvalue weighted by molar-refractivity contribution is -0.385. The summed E-state index contributed by atoms with van der Waals surface area (Å²) in [6, 6.07) is 4.39. The van der Waals surface area contributed by atoms with E-state index < -0.39 is 126 Å². The van der Waals surface area contributed by atoms with E-state index in [-0.39, 0.29) is 0 Å². The molecule has 0 heterocycles. The third-order valence-corrected chi connectivity index (χ3v) is 9.75. The highest BCUT2D eigenvalue weighted by Gasteiger charge is 2.29. The van der Waals surface area contributed by atoms with Crippen molar-refractivity contribution in [2.45, 2.75) is 19.6 Å². The Morgan fingerprint density at radius 1 is 0.560 bits per heavy atom. The second kappa shape index (κ2) is 12.7. The average molecular weight is 778 g/mol. The van der Waals surface area contributed by atoms with Gasteiger partial charge in [-0.1, -0.05) is 0 Å². The van der Waals surface area contributed by atoms with Crippen molar-refractivity contribution < 1.29 is 66.8 Å². The van der Waals surface area contributed by atoms with Gasteiger partial charge in [-0.05, 0) is 29.7 Å². The third-order valence-electron chi connectivity index (χ3n) is 6.25. The lowest BCUT2D eigenvalue weighted by Gasteiger charge is -2.14. The Morgan fingerprint density at radius 3 is 1.28 bits per heavy atom. The van der Waals surface area contributed by atoms with Crippen LogP contribution in [0.1, 0.15) is 0 Å². The van der Waals surface area contributed by atoms with Crippen LogP contribution in [0.5, 0.6) is 5.75 Å². The van der Waals surface area contributed by atoms with Crippen LogP contribution < -0.4 is 5.73 Å². The number of nitrogen functional groups attached to an aromatic ring is 1. The number of anilines is 1. The van der Waals surface area contributed by atoms with Crippen molar-refractivity contribution in [2.75, 3.05) is 5.73 Å². The van der Waals surface area contributed by atoms with Crippen LogP contribution >= 0.6 is 0 Å². The minimum Gasteiger partial charge on any atom is -0.505 e. The van der Waals surface area contributed by atoms with Gasteiger partial charge in [0.25, 0.3) is 51.8 Å². The van der Waals surface area contributed by atoms with Crippen LogP contribution in [0.3, 0.4) is 0 Å². The van der Waals surface area contributed by atoms with Crippen LogP contribution in [0, 0.1) is 20.2 Å². The number of nitrogens with zero attached hydrogens (tertiary/aromatic N) is 6. The summed E-state index contributed by atoms with van der Waals surface area (Å²) in [6.07, 6.45) is 0. The lowest BCUT2D eigenvalue weighted by Crippen LogP contribution is -2.04. The first kappa shape index (κ1) is 37.2. The van der Waals surface area contributed by atoms with Gasteiger partial charge in [-0.2, -0.15) is 33.7 Å². The number of benzene rings is 4. The van der Waals surface area contributed by atoms with Crippen molar-refractivity contribution in [1.29, 1.82) is 0 Å². The second-order valence-electron chi connectivity index (χ2n) is 9.43. The highest BCUT2D eigenvalue weighted by atomic mass is 32.2. The number of non-ortho nitro benzene ring substituents is 2. The lowest BCUT2D eigenvalue weighted by atomic mass is 10.1. The van der Waals surface area contributed by atoms with Crippen molar-refractivity contribution in [2.24, 2.45) is 20.5 Å².